The van der Waals surface area contributed by atoms with Gasteiger partial charge in [-0.25, -0.2) is 0 Å². The Morgan fingerprint density at radius 3 is 2.83 bits per heavy atom. The number of amides is 1. The average molecular weight is 405 g/mol. The molecular formula is C18H14F3N5O3. The van der Waals surface area contributed by atoms with E-state index in [1.165, 1.54) is 12.5 Å². The van der Waals surface area contributed by atoms with E-state index in [2.05, 4.69) is 29.7 Å². The summed E-state index contributed by atoms with van der Waals surface area (Å²) in [6, 6.07) is 5.11. The van der Waals surface area contributed by atoms with Crippen LogP contribution >= 0.6 is 0 Å². The van der Waals surface area contributed by atoms with Gasteiger partial charge >= 0.3 is 12.1 Å². The third-order valence-electron chi connectivity index (χ3n) is 4.34. The first kappa shape index (κ1) is 18.7. The van der Waals surface area contributed by atoms with E-state index < -0.39 is 12.1 Å². The molecule has 4 aromatic rings. The van der Waals surface area contributed by atoms with Crippen molar-refractivity contribution < 1.29 is 27.0 Å². The number of carbonyl (C=O) groups is 1. The fourth-order valence-electron chi connectivity index (χ4n) is 2.96. The zero-order chi connectivity index (χ0) is 20.6. The van der Waals surface area contributed by atoms with E-state index in [0.717, 1.165) is 16.5 Å². The number of fused-ring (bicyclic) bond motifs is 1. The van der Waals surface area contributed by atoms with Crippen LogP contribution in [0.4, 0.5) is 13.2 Å². The second-order valence-electron chi connectivity index (χ2n) is 6.33. The largest absolute Gasteiger partial charge is 0.471 e. The summed E-state index contributed by atoms with van der Waals surface area (Å²) in [6.07, 6.45) is -0.236. The third kappa shape index (κ3) is 3.71. The van der Waals surface area contributed by atoms with Gasteiger partial charge in [0.15, 0.2) is 0 Å². The van der Waals surface area contributed by atoms with Crippen molar-refractivity contribution in [1.29, 1.82) is 0 Å². The van der Waals surface area contributed by atoms with Gasteiger partial charge in [-0.05, 0) is 18.6 Å². The quantitative estimate of drug-likeness (QED) is 0.546. The predicted molar refractivity (Wildman–Crippen MR) is 93.8 cm³/mol. The number of nitrogens with zero attached hydrogens (tertiary/aromatic N) is 4. The average Bonchev–Trinajstić information content (AvgIpc) is 3.42. The van der Waals surface area contributed by atoms with Crippen LogP contribution in [0, 0.1) is 6.92 Å². The molecule has 0 unspecified atom stereocenters. The summed E-state index contributed by atoms with van der Waals surface area (Å²) in [6.45, 7) is 2.70. The third-order valence-corrected chi connectivity index (χ3v) is 4.34. The van der Waals surface area contributed by atoms with Crippen molar-refractivity contribution in [2.45, 2.75) is 19.6 Å². The summed E-state index contributed by atoms with van der Waals surface area (Å²) in [5, 5.41) is 10.6. The van der Waals surface area contributed by atoms with Gasteiger partial charge in [-0.2, -0.15) is 18.2 Å². The lowest BCUT2D eigenvalue weighted by Gasteiger charge is -2.07. The summed E-state index contributed by atoms with van der Waals surface area (Å²) >= 11 is 0. The molecule has 0 aliphatic heterocycles. The van der Waals surface area contributed by atoms with Crippen molar-refractivity contribution in [3.05, 3.63) is 53.9 Å². The van der Waals surface area contributed by atoms with Gasteiger partial charge in [-0.1, -0.05) is 22.4 Å². The number of aryl methyl sites for hydroxylation is 1. The SMILES string of the molecule is Cc1cn(CCNC(=O)c2cnoc2)c2cc(-c3noc(C(F)(F)F)n3)ccc12. The lowest BCUT2D eigenvalue weighted by Crippen LogP contribution is -2.26. The zero-order valence-corrected chi connectivity index (χ0v) is 15.0. The lowest BCUT2D eigenvalue weighted by molar-refractivity contribution is -0.159. The van der Waals surface area contributed by atoms with Crippen molar-refractivity contribution in [2.75, 3.05) is 6.54 Å². The van der Waals surface area contributed by atoms with Gasteiger partial charge in [0.25, 0.3) is 5.91 Å². The van der Waals surface area contributed by atoms with Gasteiger partial charge < -0.3 is 18.9 Å². The first-order valence-corrected chi connectivity index (χ1v) is 8.51. The fourth-order valence-corrected chi connectivity index (χ4v) is 2.96. The molecule has 3 heterocycles. The Bertz CT molecular complexity index is 1160. The maximum atomic E-state index is 12.7. The smallest absolute Gasteiger partial charge is 0.364 e. The number of halogens is 3. The van der Waals surface area contributed by atoms with Crippen molar-refractivity contribution in [3.8, 4) is 11.4 Å². The summed E-state index contributed by atoms with van der Waals surface area (Å²) in [7, 11) is 0. The first-order chi connectivity index (χ1) is 13.8. The van der Waals surface area contributed by atoms with Crippen LogP contribution in [0.2, 0.25) is 0 Å². The molecule has 0 bridgehead atoms. The highest BCUT2D eigenvalue weighted by Gasteiger charge is 2.38. The van der Waals surface area contributed by atoms with Crippen LogP contribution in [-0.4, -0.2) is 32.3 Å². The van der Waals surface area contributed by atoms with E-state index in [1.807, 2.05) is 17.7 Å². The Morgan fingerprint density at radius 1 is 1.31 bits per heavy atom. The molecule has 1 aromatic carbocycles. The number of hydrogen-bond acceptors (Lipinski definition) is 6. The molecule has 0 aliphatic rings. The molecule has 0 saturated heterocycles. The minimum atomic E-state index is -4.70. The van der Waals surface area contributed by atoms with Crippen LogP contribution in [0.1, 0.15) is 21.8 Å². The molecule has 0 radical (unpaired) electrons. The second-order valence-corrected chi connectivity index (χ2v) is 6.33. The van der Waals surface area contributed by atoms with Crippen molar-refractivity contribution in [2.24, 2.45) is 0 Å². The Morgan fingerprint density at radius 2 is 2.14 bits per heavy atom. The van der Waals surface area contributed by atoms with Crippen LogP contribution < -0.4 is 5.32 Å². The molecule has 0 spiro atoms. The first-order valence-electron chi connectivity index (χ1n) is 8.51. The molecule has 0 saturated carbocycles. The van der Waals surface area contributed by atoms with E-state index in [4.69, 9.17) is 0 Å². The summed E-state index contributed by atoms with van der Waals surface area (Å²) in [5.74, 6) is -1.85. The molecule has 8 nitrogen and oxygen atoms in total. The van der Waals surface area contributed by atoms with Gasteiger partial charge in [0.1, 0.15) is 6.26 Å². The number of alkyl halides is 3. The maximum absolute atomic E-state index is 12.7. The van der Waals surface area contributed by atoms with E-state index in [0.29, 0.717) is 24.2 Å². The molecule has 1 amide bonds. The lowest BCUT2D eigenvalue weighted by atomic mass is 10.1. The Labute approximate surface area is 161 Å². The summed E-state index contributed by atoms with van der Waals surface area (Å²) in [4.78, 5) is 15.4. The van der Waals surface area contributed by atoms with Crippen LogP contribution in [0.25, 0.3) is 22.3 Å². The number of hydrogen-bond donors (Lipinski definition) is 1. The topological polar surface area (TPSA) is 99.0 Å². The molecule has 1 N–H and O–H groups in total. The number of benzene rings is 1. The molecular weight excluding hydrogens is 391 g/mol. The second kappa shape index (κ2) is 7.08. The van der Waals surface area contributed by atoms with Crippen LogP contribution in [0.5, 0.6) is 0 Å². The molecule has 150 valence electrons. The van der Waals surface area contributed by atoms with E-state index in [-0.39, 0.29) is 11.7 Å². The number of nitrogens with one attached hydrogen (secondary N) is 1. The van der Waals surface area contributed by atoms with Crippen LogP contribution in [-0.2, 0) is 12.7 Å². The van der Waals surface area contributed by atoms with E-state index in [9.17, 15) is 18.0 Å². The number of carbonyl (C=O) groups excluding carboxylic acids is 1. The maximum Gasteiger partial charge on any atom is 0.471 e. The Balaban J connectivity index is 1.56. The molecule has 11 heteroatoms. The fraction of sp³-hybridized carbons (Fsp3) is 0.222. The predicted octanol–water partition coefficient (Wildman–Crippen LogP) is 3.44. The van der Waals surface area contributed by atoms with Gasteiger partial charge in [-0.3, -0.25) is 4.79 Å². The summed E-state index contributed by atoms with van der Waals surface area (Å²) < 4.78 is 48.9. The highest BCUT2D eigenvalue weighted by Crippen LogP contribution is 2.31. The number of aromatic nitrogens is 4. The zero-order valence-electron chi connectivity index (χ0n) is 15.0. The molecule has 0 aliphatic carbocycles. The minimum absolute atomic E-state index is 0.148. The molecule has 4 rings (SSSR count). The van der Waals surface area contributed by atoms with Gasteiger partial charge in [0.05, 0.1) is 11.8 Å². The standard InChI is InChI=1S/C18H14F3N5O3/c1-10-8-26(5-4-22-16(27)12-7-23-28-9-12)14-6-11(2-3-13(10)14)15-24-17(29-25-15)18(19,20)21/h2-3,6-9H,4-5H2,1H3,(H,22,27). The highest BCUT2D eigenvalue weighted by molar-refractivity contribution is 5.93. The molecule has 0 fully saturated rings. The van der Waals surface area contributed by atoms with Crippen LogP contribution in [0.15, 0.2) is 45.9 Å². The minimum Gasteiger partial charge on any atom is -0.364 e. The molecule has 0 atom stereocenters. The Kier molecular flexibility index (Phi) is 4.57. The summed E-state index contributed by atoms with van der Waals surface area (Å²) in [5.41, 5.74) is 2.47. The van der Waals surface area contributed by atoms with Crippen LogP contribution in [0.3, 0.4) is 0 Å². The van der Waals surface area contributed by atoms with Gasteiger partial charge in [0.2, 0.25) is 5.82 Å². The van der Waals surface area contributed by atoms with E-state index >= 15 is 0 Å². The monoisotopic (exact) mass is 405 g/mol. The van der Waals surface area contributed by atoms with Crippen molar-refractivity contribution in [3.63, 3.8) is 0 Å². The van der Waals surface area contributed by atoms with Gasteiger partial charge in [-0.15, -0.1) is 0 Å². The van der Waals surface area contributed by atoms with Crippen molar-refractivity contribution >= 4 is 16.8 Å². The Hall–Kier alpha value is -3.63. The number of rotatable bonds is 5. The van der Waals surface area contributed by atoms with Crippen molar-refractivity contribution in [1.82, 2.24) is 25.2 Å². The molecule has 29 heavy (non-hydrogen) atoms. The van der Waals surface area contributed by atoms with E-state index in [1.54, 1.807) is 18.2 Å². The molecule has 3 aromatic heterocycles. The normalized spacial score (nSPS) is 11.9. The van der Waals surface area contributed by atoms with Gasteiger partial charge in [0, 0.05) is 35.8 Å². The highest BCUT2D eigenvalue weighted by atomic mass is 19.4.